The fourth-order valence-corrected chi connectivity index (χ4v) is 9.64. The number of para-hydroxylation sites is 3. The normalized spacial score (nSPS) is 11.9. The van der Waals surface area contributed by atoms with Crippen LogP contribution in [0.15, 0.2) is 185 Å². The third kappa shape index (κ3) is 5.04. The first-order valence-electron chi connectivity index (χ1n) is 18.9. The molecule has 0 atom stereocenters. The van der Waals surface area contributed by atoms with Gasteiger partial charge in [0, 0.05) is 69.5 Å². The van der Waals surface area contributed by atoms with Crippen LogP contribution in [0.25, 0.3) is 120 Å². The van der Waals surface area contributed by atoms with Crippen LogP contribution in [0.2, 0.25) is 0 Å². The molecule has 0 spiro atoms. The van der Waals surface area contributed by atoms with E-state index < -0.39 is 0 Å². The van der Waals surface area contributed by atoms with Crippen LogP contribution < -0.4 is 0 Å². The molecule has 6 heteroatoms. The van der Waals surface area contributed by atoms with E-state index in [1.165, 1.54) is 15.5 Å². The maximum Gasteiger partial charge on any atom is 0.165 e. The lowest BCUT2D eigenvalue weighted by Gasteiger charge is -2.10. The Morgan fingerprint density at radius 3 is 1.44 bits per heavy atom. The number of hydrogen-bond donors (Lipinski definition) is 0. The zero-order valence-electron chi connectivity index (χ0n) is 30.3. The summed E-state index contributed by atoms with van der Waals surface area (Å²) in [5, 5.41) is 6.68. The molecule has 0 bridgehead atoms. The molecule has 57 heavy (non-hydrogen) atoms. The van der Waals surface area contributed by atoms with E-state index in [1.807, 2.05) is 84.9 Å². The lowest BCUT2D eigenvalue weighted by atomic mass is 9.94. The molecule has 0 amide bonds. The van der Waals surface area contributed by atoms with Gasteiger partial charge in [0.1, 0.15) is 22.3 Å². The van der Waals surface area contributed by atoms with Crippen molar-refractivity contribution in [3.05, 3.63) is 176 Å². The molecule has 4 aromatic heterocycles. The van der Waals surface area contributed by atoms with Gasteiger partial charge in [-0.05, 0) is 41.5 Å². The quantitative estimate of drug-likeness (QED) is 0.175. The topological polar surface area (TPSA) is 65.0 Å². The second kappa shape index (κ2) is 12.6. The fourth-order valence-electron chi connectivity index (χ4n) is 8.29. The standard InChI is InChI=1S/C51H29N3O2S/c1-3-14-30(15-4-1)49-52-50(31-16-5-2-6-17-31)54-51(53-49)40-25-13-24-39-38-23-11-20-33(47(38)57-48(39)40)32-28-41-35-19-8-10-27-44(35)56-46(41)42(29-32)37-22-12-21-36-34-18-7-9-26-43(34)55-45(36)37/h1-29H. The highest BCUT2D eigenvalue weighted by atomic mass is 32.1. The third-order valence-electron chi connectivity index (χ3n) is 10.9. The van der Waals surface area contributed by atoms with Crippen molar-refractivity contribution in [1.82, 2.24) is 15.0 Å². The van der Waals surface area contributed by atoms with Crippen LogP contribution in [0, 0.1) is 0 Å². The first-order valence-corrected chi connectivity index (χ1v) is 19.7. The van der Waals surface area contributed by atoms with Crippen molar-refractivity contribution >= 4 is 75.4 Å². The lowest BCUT2D eigenvalue weighted by Crippen LogP contribution is -2.00. The highest BCUT2D eigenvalue weighted by Gasteiger charge is 2.22. The van der Waals surface area contributed by atoms with E-state index in [0.29, 0.717) is 17.5 Å². The Kier molecular flexibility index (Phi) is 7.03. The van der Waals surface area contributed by atoms with E-state index >= 15 is 0 Å². The Morgan fingerprint density at radius 1 is 0.316 bits per heavy atom. The van der Waals surface area contributed by atoms with E-state index in [1.54, 1.807) is 11.3 Å². The molecule has 0 aliphatic heterocycles. The molecule has 12 aromatic rings. The molecule has 0 saturated carbocycles. The zero-order valence-corrected chi connectivity index (χ0v) is 31.1. The van der Waals surface area contributed by atoms with E-state index in [4.69, 9.17) is 23.8 Å². The highest BCUT2D eigenvalue weighted by molar-refractivity contribution is 7.26. The lowest BCUT2D eigenvalue weighted by molar-refractivity contribution is 0.665. The summed E-state index contributed by atoms with van der Waals surface area (Å²) in [6, 6.07) is 60.8. The summed E-state index contributed by atoms with van der Waals surface area (Å²) < 4.78 is 15.6. The van der Waals surface area contributed by atoms with Crippen molar-refractivity contribution < 1.29 is 8.83 Å². The Balaban J connectivity index is 1.10. The van der Waals surface area contributed by atoms with Gasteiger partial charge in [-0.1, -0.05) is 146 Å². The van der Waals surface area contributed by atoms with Crippen molar-refractivity contribution in [3.8, 4) is 56.4 Å². The van der Waals surface area contributed by atoms with E-state index in [-0.39, 0.29) is 0 Å². The predicted molar refractivity (Wildman–Crippen MR) is 234 cm³/mol. The summed E-state index contributed by atoms with van der Waals surface area (Å²) in [5.41, 5.74) is 10.5. The van der Waals surface area contributed by atoms with Crippen molar-refractivity contribution in [1.29, 1.82) is 0 Å². The summed E-state index contributed by atoms with van der Waals surface area (Å²) in [6.45, 7) is 0. The number of fused-ring (bicyclic) bond motifs is 9. The van der Waals surface area contributed by atoms with Crippen LogP contribution in [0.5, 0.6) is 0 Å². The SMILES string of the molecule is c1ccc(-c2nc(-c3ccccc3)nc(-c3cccc4c3sc3c(-c5cc(-c6cccc7c6oc6ccccc67)c6oc7ccccc7c6c5)cccc34)n2)cc1. The van der Waals surface area contributed by atoms with Crippen molar-refractivity contribution in [2.45, 2.75) is 0 Å². The Labute approximate surface area is 330 Å². The number of hydrogen-bond acceptors (Lipinski definition) is 6. The Bertz CT molecular complexity index is 3470. The van der Waals surface area contributed by atoms with Crippen LogP contribution in [0.3, 0.4) is 0 Å². The van der Waals surface area contributed by atoms with Gasteiger partial charge in [-0.25, -0.2) is 15.0 Å². The summed E-state index contributed by atoms with van der Waals surface area (Å²) in [7, 11) is 0. The smallest absolute Gasteiger partial charge is 0.165 e. The van der Waals surface area contributed by atoms with E-state index in [2.05, 4.69) is 91.0 Å². The second-order valence-electron chi connectivity index (χ2n) is 14.3. The number of benzene rings is 8. The predicted octanol–water partition coefficient (Wildman–Crippen LogP) is 14.4. The molecule has 0 aliphatic rings. The van der Waals surface area contributed by atoms with Crippen LogP contribution in [0.1, 0.15) is 0 Å². The van der Waals surface area contributed by atoms with E-state index in [0.717, 1.165) is 87.5 Å². The minimum Gasteiger partial charge on any atom is -0.455 e. The van der Waals surface area contributed by atoms with Gasteiger partial charge >= 0.3 is 0 Å². The van der Waals surface area contributed by atoms with Crippen molar-refractivity contribution in [2.24, 2.45) is 0 Å². The number of furan rings is 2. The summed E-state index contributed by atoms with van der Waals surface area (Å²) >= 11 is 1.78. The van der Waals surface area contributed by atoms with Crippen molar-refractivity contribution in [3.63, 3.8) is 0 Å². The first-order chi connectivity index (χ1) is 28.2. The zero-order chi connectivity index (χ0) is 37.5. The molecule has 0 radical (unpaired) electrons. The number of rotatable bonds is 5. The largest absolute Gasteiger partial charge is 0.455 e. The number of aromatic nitrogens is 3. The molecule has 12 rings (SSSR count). The molecule has 266 valence electrons. The van der Waals surface area contributed by atoms with Gasteiger partial charge in [0.05, 0.1) is 0 Å². The van der Waals surface area contributed by atoms with Gasteiger partial charge in [0.15, 0.2) is 17.5 Å². The molecule has 5 nitrogen and oxygen atoms in total. The molecule has 0 fully saturated rings. The summed E-state index contributed by atoms with van der Waals surface area (Å²) in [5.74, 6) is 1.94. The minimum atomic E-state index is 0.644. The molecule has 0 N–H and O–H groups in total. The molecular formula is C51H29N3O2S. The Morgan fingerprint density at radius 2 is 0.789 bits per heavy atom. The van der Waals surface area contributed by atoms with Gasteiger partial charge in [0.2, 0.25) is 0 Å². The third-order valence-corrected chi connectivity index (χ3v) is 12.2. The van der Waals surface area contributed by atoms with E-state index in [9.17, 15) is 0 Å². The average molecular weight is 748 g/mol. The number of nitrogens with zero attached hydrogens (tertiary/aromatic N) is 3. The highest BCUT2D eigenvalue weighted by Crippen LogP contribution is 2.47. The van der Waals surface area contributed by atoms with Crippen LogP contribution in [-0.4, -0.2) is 15.0 Å². The summed E-state index contributed by atoms with van der Waals surface area (Å²) in [6.07, 6.45) is 0. The van der Waals surface area contributed by atoms with Crippen LogP contribution >= 0.6 is 11.3 Å². The maximum absolute atomic E-state index is 6.68. The second-order valence-corrected chi connectivity index (χ2v) is 15.3. The minimum absolute atomic E-state index is 0.644. The Hall–Kier alpha value is -7.41. The van der Waals surface area contributed by atoms with Gasteiger partial charge in [-0.3, -0.25) is 0 Å². The molecule has 0 aliphatic carbocycles. The molecule has 4 heterocycles. The van der Waals surface area contributed by atoms with Gasteiger partial charge in [-0.15, -0.1) is 11.3 Å². The maximum atomic E-state index is 6.68. The van der Waals surface area contributed by atoms with Crippen LogP contribution in [0.4, 0.5) is 0 Å². The fraction of sp³-hybridized carbons (Fsp3) is 0. The van der Waals surface area contributed by atoms with Crippen LogP contribution in [-0.2, 0) is 0 Å². The average Bonchev–Trinajstić information content (AvgIpc) is 3.98. The molecular weight excluding hydrogens is 719 g/mol. The van der Waals surface area contributed by atoms with Crippen molar-refractivity contribution in [2.75, 3.05) is 0 Å². The monoisotopic (exact) mass is 747 g/mol. The van der Waals surface area contributed by atoms with Gasteiger partial charge in [-0.2, -0.15) is 0 Å². The van der Waals surface area contributed by atoms with Gasteiger partial charge in [0.25, 0.3) is 0 Å². The molecule has 0 unspecified atom stereocenters. The molecule has 8 aromatic carbocycles. The number of thiophene rings is 1. The molecule has 0 saturated heterocycles. The van der Waals surface area contributed by atoms with Gasteiger partial charge < -0.3 is 8.83 Å². The first kappa shape index (κ1) is 31.9. The summed E-state index contributed by atoms with van der Waals surface area (Å²) in [4.78, 5) is 15.2.